The van der Waals surface area contributed by atoms with Gasteiger partial charge >= 0.3 is 0 Å². The van der Waals surface area contributed by atoms with Crippen molar-refractivity contribution in [3.05, 3.63) is 103 Å². The van der Waals surface area contributed by atoms with Crippen LogP contribution in [0.15, 0.2) is 102 Å². The fraction of sp³-hybridized carbons (Fsp3) is 0.0417. The summed E-state index contributed by atoms with van der Waals surface area (Å²) in [6, 6.07) is 32.0. The molecule has 4 aromatic rings. The number of hydrogen-bond acceptors (Lipinski definition) is 4. The van der Waals surface area contributed by atoms with Crippen LogP contribution in [0.5, 0.6) is 0 Å². The second-order valence-corrected chi connectivity index (χ2v) is 6.37. The standard InChI is InChI=1S/C24H20N4/c1-18(19-11-5-2-6-12-19)27-28-23-17-22(20-13-7-3-8-14-20)25-24(26-23)21-15-9-4-10-16-21/h2-17H,1H3,(H,25,26,28)/b27-18-. The predicted octanol–water partition coefficient (Wildman–Crippen LogP) is 5.65. The molecule has 0 atom stereocenters. The fourth-order valence-corrected chi connectivity index (χ4v) is 2.86. The Labute approximate surface area is 164 Å². The van der Waals surface area contributed by atoms with Crippen LogP contribution in [0.4, 0.5) is 5.82 Å². The van der Waals surface area contributed by atoms with Gasteiger partial charge in [0, 0.05) is 17.2 Å². The molecule has 1 N–H and O–H groups in total. The maximum absolute atomic E-state index is 4.76. The van der Waals surface area contributed by atoms with E-state index in [4.69, 9.17) is 4.98 Å². The highest BCUT2D eigenvalue weighted by atomic mass is 15.3. The van der Waals surface area contributed by atoms with Crippen molar-refractivity contribution in [2.24, 2.45) is 5.10 Å². The molecule has 3 aromatic carbocycles. The summed E-state index contributed by atoms with van der Waals surface area (Å²) in [6.45, 7) is 1.97. The van der Waals surface area contributed by atoms with E-state index in [9.17, 15) is 0 Å². The molecule has 0 radical (unpaired) electrons. The summed E-state index contributed by atoms with van der Waals surface area (Å²) in [4.78, 5) is 9.43. The molecule has 0 saturated carbocycles. The quantitative estimate of drug-likeness (QED) is 0.368. The second-order valence-electron chi connectivity index (χ2n) is 6.37. The number of aromatic nitrogens is 2. The van der Waals surface area contributed by atoms with Gasteiger partial charge in [-0.05, 0) is 12.5 Å². The first kappa shape index (κ1) is 17.6. The number of nitrogens with one attached hydrogen (secondary N) is 1. The van der Waals surface area contributed by atoms with Gasteiger partial charge < -0.3 is 0 Å². The average molecular weight is 364 g/mol. The van der Waals surface area contributed by atoms with Crippen LogP contribution in [0.1, 0.15) is 12.5 Å². The van der Waals surface area contributed by atoms with Crippen LogP contribution in [0.25, 0.3) is 22.6 Å². The third-order valence-corrected chi connectivity index (χ3v) is 4.36. The first-order valence-electron chi connectivity index (χ1n) is 9.15. The Bertz CT molecular complexity index is 1020. The Morgan fingerprint density at radius 1 is 0.714 bits per heavy atom. The highest BCUT2D eigenvalue weighted by Gasteiger charge is 2.08. The maximum Gasteiger partial charge on any atom is 0.162 e. The van der Waals surface area contributed by atoms with Crippen molar-refractivity contribution in [3.63, 3.8) is 0 Å². The van der Waals surface area contributed by atoms with Crippen molar-refractivity contribution in [2.75, 3.05) is 5.43 Å². The van der Waals surface area contributed by atoms with Crippen LogP contribution in [0.2, 0.25) is 0 Å². The van der Waals surface area contributed by atoms with Crippen LogP contribution in [0.3, 0.4) is 0 Å². The van der Waals surface area contributed by atoms with Crippen molar-refractivity contribution in [1.82, 2.24) is 9.97 Å². The molecule has 0 aliphatic carbocycles. The molecule has 0 aliphatic heterocycles. The first-order chi connectivity index (χ1) is 13.8. The number of rotatable bonds is 5. The van der Waals surface area contributed by atoms with Crippen molar-refractivity contribution in [2.45, 2.75) is 6.92 Å². The van der Waals surface area contributed by atoms with Gasteiger partial charge in [-0.15, -0.1) is 0 Å². The zero-order valence-electron chi connectivity index (χ0n) is 15.6. The van der Waals surface area contributed by atoms with Gasteiger partial charge in [-0.3, -0.25) is 5.43 Å². The lowest BCUT2D eigenvalue weighted by Gasteiger charge is -2.09. The van der Waals surface area contributed by atoms with Gasteiger partial charge in [0.15, 0.2) is 11.6 Å². The monoisotopic (exact) mass is 364 g/mol. The van der Waals surface area contributed by atoms with Gasteiger partial charge in [-0.25, -0.2) is 9.97 Å². The number of benzene rings is 3. The molecule has 1 aromatic heterocycles. The van der Waals surface area contributed by atoms with E-state index in [1.807, 2.05) is 104 Å². The van der Waals surface area contributed by atoms with Crippen LogP contribution in [-0.4, -0.2) is 15.7 Å². The Morgan fingerprint density at radius 3 is 1.93 bits per heavy atom. The van der Waals surface area contributed by atoms with E-state index in [1.165, 1.54) is 0 Å². The normalized spacial score (nSPS) is 11.2. The number of nitrogens with zero attached hydrogens (tertiary/aromatic N) is 3. The van der Waals surface area contributed by atoms with Gasteiger partial charge in [0.2, 0.25) is 0 Å². The molecule has 1 heterocycles. The number of hydrogen-bond donors (Lipinski definition) is 1. The minimum atomic E-state index is 0.656. The molecular formula is C24H20N4. The van der Waals surface area contributed by atoms with Crippen LogP contribution in [-0.2, 0) is 0 Å². The second kappa shape index (κ2) is 8.27. The van der Waals surface area contributed by atoms with Gasteiger partial charge in [0.25, 0.3) is 0 Å². The lowest BCUT2D eigenvalue weighted by molar-refractivity contribution is 1.15. The summed E-state index contributed by atoms with van der Waals surface area (Å²) in [5.74, 6) is 1.32. The highest BCUT2D eigenvalue weighted by molar-refractivity contribution is 5.99. The molecule has 0 amide bonds. The Morgan fingerprint density at radius 2 is 1.29 bits per heavy atom. The summed E-state index contributed by atoms with van der Waals surface area (Å²) >= 11 is 0. The Hall–Kier alpha value is -3.79. The predicted molar refractivity (Wildman–Crippen MR) is 115 cm³/mol. The van der Waals surface area contributed by atoms with Gasteiger partial charge in [-0.2, -0.15) is 5.10 Å². The van der Waals surface area contributed by atoms with Crippen LogP contribution < -0.4 is 5.43 Å². The van der Waals surface area contributed by atoms with Crippen molar-refractivity contribution in [1.29, 1.82) is 0 Å². The van der Waals surface area contributed by atoms with E-state index >= 15 is 0 Å². The first-order valence-corrected chi connectivity index (χ1v) is 9.15. The topological polar surface area (TPSA) is 50.2 Å². The zero-order valence-corrected chi connectivity index (χ0v) is 15.6. The zero-order chi connectivity index (χ0) is 19.2. The summed E-state index contributed by atoms with van der Waals surface area (Å²) in [5, 5.41) is 4.51. The minimum absolute atomic E-state index is 0.656. The molecule has 0 spiro atoms. The largest absolute Gasteiger partial charge is 0.261 e. The molecule has 0 saturated heterocycles. The molecule has 0 unspecified atom stereocenters. The van der Waals surface area contributed by atoms with Gasteiger partial charge in [0.05, 0.1) is 11.4 Å². The molecule has 28 heavy (non-hydrogen) atoms. The molecular weight excluding hydrogens is 344 g/mol. The van der Waals surface area contributed by atoms with Crippen molar-refractivity contribution < 1.29 is 0 Å². The molecule has 4 rings (SSSR count). The third-order valence-electron chi connectivity index (χ3n) is 4.36. The Balaban J connectivity index is 1.72. The number of anilines is 1. The molecule has 136 valence electrons. The summed E-state index contributed by atoms with van der Waals surface area (Å²) < 4.78 is 0. The fourth-order valence-electron chi connectivity index (χ4n) is 2.86. The SMILES string of the molecule is C/C(=N/Nc1cc(-c2ccccc2)nc(-c2ccccc2)n1)c1ccccc1. The van der Waals surface area contributed by atoms with E-state index in [-0.39, 0.29) is 0 Å². The minimum Gasteiger partial charge on any atom is -0.261 e. The Kier molecular flexibility index (Phi) is 5.20. The van der Waals surface area contributed by atoms with Crippen molar-refractivity contribution >= 4 is 11.5 Å². The van der Waals surface area contributed by atoms with Crippen LogP contribution in [0, 0.1) is 0 Å². The molecule has 0 aliphatic rings. The van der Waals surface area contributed by atoms with E-state index < -0.39 is 0 Å². The van der Waals surface area contributed by atoms with E-state index in [2.05, 4.69) is 15.5 Å². The highest BCUT2D eigenvalue weighted by Crippen LogP contribution is 2.24. The molecule has 4 nitrogen and oxygen atoms in total. The van der Waals surface area contributed by atoms with Gasteiger partial charge in [-0.1, -0.05) is 91.0 Å². The van der Waals surface area contributed by atoms with Crippen LogP contribution >= 0.6 is 0 Å². The average Bonchev–Trinajstić information content (AvgIpc) is 2.79. The summed E-state index contributed by atoms with van der Waals surface area (Å²) in [5.41, 5.74) is 7.91. The summed E-state index contributed by atoms with van der Waals surface area (Å²) in [7, 11) is 0. The van der Waals surface area contributed by atoms with Crippen molar-refractivity contribution in [3.8, 4) is 22.6 Å². The van der Waals surface area contributed by atoms with E-state index in [1.54, 1.807) is 0 Å². The number of hydrazone groups is 1. The van der Waals surface area contributed by atoms with E-state index in [0.29, 0.717) is 11.6 Å². The molecule has 4 heteroatoms. The summed E-state index contributed by atoms with van der Waals surface area (Å²) in [6.07, 6.45) is 0. The molecule has 0 bridgehead atoms. The maximum atomic E-state index is 4.76. The lowest BCUT2D eigenvalue weighted by Crippen LogP contribution is -2.02. The van der Waals surface area contributed by atoms with Gasteiger partial charge in [0.1, 0.15) is 0 Å². The van der Waals surface area contributed by atoms with E-state index in [0.717, 1.165) is 28.1 Å². The lowest BCUT2D eigenvalue weighted by atomic mass is 10.1. The molecule has 0 fully saturated rings. The smallest absolute Gasteiger partial charge is 0.162 e. The third kappa shape index (κ3) is 4.13.